The molecule has 0 spiro atoms. The van der Waals surface area contributed by atoms with Crippen molar-refractivity contribution < 1.29 is 13.2 Å². The Morgan fingerprint density at radius 2 is 2.00 bits per heavy atom. The maximum absolute atomic E-state index is 12.6. The van der Waals surface area contributed by atoms with Gasteiger partial charge >= 0.3 is 0 Å². The van der Waals surface area contributed by atoms with Crippen molar-refractivity contribution in [2.75, 3.05) is 26.2 Å². The van der Waals surface area contributed by atoms with E-state index in [1.54, 1.807) is 30.5 Å². The van der Waals surface area contributed by atoms with Crippen LogP contribution in [0.25, 0.3) is 0 Å². The zero-order valence-electron chi connectivity index (χ0n) is 16.9. The minimum absolute atomic E-state index is 0.00264. The van der Waals surface area contributed by atoms with E-state index in [4.69, 9.17) is 0 Å². The molecule has 2 aliphatic rings. The number of sulfonamides is 1. The molecule has 0 bridgehead atoms. The first-order valence-electron chi connectivity index (χ1n) is 10.3. The molecule has 0 radical (unpaired) electrons. The number of nitrogens with zero attached hydrogens (tertiary/aromatic N) is 3. The van der Waals surface area contributed by atoms with Crippen molar-refractivity contribution in [3.05, 3.63) is 30.1 Å². The van der Waals surface area contributed by atoms with Crippen LogP contribution >= 0.6 is 0 Å². The SMILES string of the molecule is CC(C)S(=O)(=O)N1CCC(N2CCC[C@@H](C(=O)NCc3cccnc3)C2)CC1. The molecular weight excluding hydrogens is 376 g/mol. The summed E-state index contributed by atoms with van der Waals surface area (Å²) in [6.45, 7) is 6.91. The van der Waals surface area contributed by atoms with E-state index in [0.29, 0.717) is 25.7 Å². The van der Waals surface area contributed by atoms with E-state index >= 15 is 0 Å². The molecule has 8 heteroatoms. The number of likely N-dealkylation sites (tertiary alicyclic amines) is 1. The molecule has 3 heterocycles. The molecule has 0 aromatic carbocycles. The highest BCUT2D eigenvalue weighted by Crippen LogP contribution is 2.25. The lowest BCUT2D eigenvalue weighted by Gasteiger charge is -2.42. The van der Waals surface area contributed by atoms with Crippen molar-refractivity contribution in [2.24, 2.45) is 5.92 Å². The quantitative estimate of drug-likeness (QED) is 0.773. The van der Waals surface area contributed by atoms with Crippen LogP contribution in [-0.4, -0.2) is 66.0 Å². The van der Waals surface area contributed by atoms with E-state index in [-0.39, 0.29) is 17.1 Å². The number of hydrogen-bond donors (Lipinski definition) is 1. The van der Waals surface area contributed by atoms with E-state index in [1.165, 1.54) is 0 Å². The fraction of sp³-hybridized carbons (Fsp3) is 0.700. The van der Waals surface area contributed by atoms with Crippen molar-refractivity contribution in [3.63, 3.8) is 0 Å². The normalized spacial score (nSPS) is 23.0. The average Bonchev–Trinajstić information content (AvgIpc) is 2.73. The molecule has 1 amide bonds. The predicted octanol–water partition coefficient (Wildman–Crippen LogP) is 1.61. The average molecular weight is 409 g/mol. The van der Waals surface area contributed by atoms with Gasteiger partial charge in [0, 0.05) is 44.6 Å². The Hall–Kier alpha value is -1.51. The van der Waals surface area contributed by atoms with Gasteiger partial charge in [0.25, 0.3) is 0 Å². The van der Waals surface area contributed by atoms with Gasteiger partial charge in [0.15, 0.2) is 0 Å². The molecule has 28 heavy (non-hydrogen) atoms. The van der Waals surface area contributed by atoms with Gasteiger partial charge in [0.05, 0.1) is 11.2 Å². The zero-order chi connectivity index (χ0) is 20.1. The first-order valence-corrected chi connectivity index (χ1v) is 11.8. The van der Waals surface area contributed by atoms with Gasteiger partial charge in [0.2, 0.25) is 15.9 Å². The largest absolute Gasteiger partial charge is 0.352 e. The second-order valence-corrected chi connectivity index (χ2v) is 10.6. The zero-order valence-corrected chi connectivity index (χ0v) is 17.7. The molecule has 1 aromatic heterocycles. The molecule has 7 nitrogen and oxygen atoms in total. The lowest BCUT2D eigenvalue weighted by atomic mass is 9.93. The lowest BCUT2D eigenvalue weighted by Crippen LogP contribution is -2.52. The van der Waals surface area contributed by atoms with Crippen LogP contribution in [0.5, 0.6) is 0 Å². The van der Waals surface area contributed by atoms with Gasteiger partial charge in [-0.15, -0.1) is 0 Å². The molecule has 1 atom stereocenters. The van der Waals surface area contributed by atoms with Crippen molar-refractivity contribution >= 4 is 15.9 Å². The van der Waals surface area contributed by atoms with Crippen LogP contribution in [0.2, 0.25) is 0 Å². The third kappa shape index (κ3) is 5.10. The molecular formula is C20H32N4O3S. The fourth-order valence-corrected chi connectivity index (χ4v) is 5.46. The Morgan fingerprint density at radius 1 is 1.25 bits per heavy atom. The number of rotatable bonds is 6. The van der Waals surface area contributed by atoms with Crippen LogP contribution in [-0.2, 0) is 21.4 Å². The maximum Gasteiger partial charge on any atom is 0.224 e. The summed E-state index contributed by atoms with van der Waals surface area (Å²) in [5.74, 6) is 0.108. The standard InChI is InChI=1S/C20H32N4O3S/c1-16(2)28(26,27)24-11-7-19(8-12-24)23-10-4-6-18(15-23)20(25)22-14-17-5-3-9-21-13-17/h3,5,9,13,16,18-19H,4,6-8,10-12,14-15H2,1-2H3,(H,22,25)/t18-/m1/s1. The topological polar surface area (TPSA) is 82.6 Å². The van der Waals surface area contributed by atoms with E-state index in [0.717, 1.165) is 44.3 Å². The number of hydrogen-bond acceptors (Lipinski definition) is 5. The van der Waals surface area contributed by atoms with Gasteiger partial charge in [0.1, 0.15) is 0 Å². The number of piperidine rings is 2. The summed E-state index contributed by atoms with van der Waals surface area (Å²) >= 11 is 0. The summed E-state index contributed by atoms with van der Waals surface area (Å²) in [6.07, 6.45) is 7.10. The first kappa shape index (κ1) is 21.2. The highest BCUT2D eigenvalue weighted by atomic mass is 32.2. The molecule has 3 rings (SSSR count). The third-order valence-corrected chi connectivity index (χ3v) is 8.18. The molecule has 1 aromatic rings. The van der Waals surface area contributed by atoms with E-state index in [1.807, 2.05) is 12.1 Å². The molecule has 0 unspecified atom stereocenters. The van der Waals surface area contributed by atoms with Crippen LogP contribution < -0.4 is 5.32 Å². The summed E-state index contributed by atoms with van der Waals surface area (Å²) in [5.41, 5.74) is 1.00. The minimum Gasteiger partial charge on any atom is -0.352 e. The third-order valence-electron chi connectivity index (χ3n) is 5.91. The summed E-state index contributed by atoms with van der Waals surface area (Å²) in [7, 11) is -3.17. The van der Waals surface area contributed by atoms with Crippen LogP contribution in [0, 0.1) is 5.92 Å². The predicted molar refractivity (Wildman–Crippen MR) is 109 cm³/mol. The summed E-state index contributed by atoms with van der Waals surface area (Å²) in [5, 5.41) is 2.67. The second-order valence-electron chi connectivity index (χ2n) is 8.14. The van der Waals surface area contributed by atoms with Crippen LogP contribution in [0.3, 0.4) is 0 Å². The highest BCUT2D eigenvalue weighted by Gasteiger charge is 2.35. The highest BCUT2D eigenvalue weighted by molar-refractivity contribution is 7.89. The number of nitrogens with one attached hydrogen (secondary N) is 1. The van der Waals surface area contributed by atoms with Crippen molar-refractivity contribution in [1.82, 2.24) is 19.5 Å². The Bertz CT molecular complexity index is 746. The van der Waals surface area contributed by atoms with Crippen molar-refractivity contribution in [1.29, 1.82) is 0 Å². The molecule has 2 saturated heterocycles. The van der Waals surface area contributed by atoms with Crippen molar-refractivity contribution in [3.8, 4) is 0 Å². The number of carbonyl (C=O) groups excluding carboxylic acids is 1. The van der Waals surface area contributed by atoms with Gasteiger partial charge in [-0.2, -0.15) is 0 Å². The summed E-state index contributed by atoms with van der Waals surface area (Å²) in [6, 6.07) is 4.20. The van der Waals surface area contributed by atoms with Crippen LogP contribution in [0.1, 0.15) is 45.1 Å². The van der Waals surface area contributed by atoms with E-state index < -0.39 is 10.0 Å². The van der Waals surface area contributed by atoms with Gasteiger partial charge in [-0.3, -0.25) is 14.7 Å². The fourth-order valence-electron chi connectivity index (χ4n) is 4.15. The monoisotopic (exact) mass is 408 g/mol. The molecule has 2 aliphatic heterocycles. The number of carbonyl (C=O) groups is 1. The van der Waals surface area contributed by atoms with Crippen LogP contribution in [0.15, 0.2) is 24.5 Å². The number of amides is 1. The first-order chi connectivity index (χ1) is 13.4. The van der Waals surface area contributed by atoms with Crippen molar-refractivity contribution in [2.45, 2.75) is 57.4 Å². The maximum atomic E-state index is 12.6. The van der Waals surface area contributed by atoms with E-state index in [2.05, 4.69) is 15.2 Å². The smallest absolute Gasteiger partial charge is 0.224 e. The molecule has 0 saturated carbocycles. The summed E-state index contributed by atoms with van der Waals surface area (Å²) < 4.78 is 26.3. The minimum atomic E-state index is -3.17. The Balaban J connectivity index is 1.49. The lowest BCUT2D eigenvalue weighted by molar-refractivity contribution is -0.127. The number of pyridine rings is 1. The Labute approximate surface area is 168 Å². The van der Waals surface area contributed by atoms with Gasteiger partial charge in [-0.25, -0.2) is 12.7 Å². The van der Waals surface area contributed by atoms with Gasteiger partial charge in [-0.1, -0.05) is 6.07 Å². The van der Waals surface area contributed by atoms with Crippen LogP contribution in [0.4, 0.5) is 0 Å². The Morgan fingerprint density at radius 3 is 2.64 bits per heavy atom. The molecule has 1 N–H and O–H groups in total. The van der Waals surface area contributed by atoms with Gasteiger partial charge in [-0.05, 0) is 57.7 Å². The van der Waals surface area contributed by atoms with Gasteiger partial charge < -0.3 is 5.32 Å². The molecule has 156 valence electrons. The molecule has 2 fully saturated rings. The number of aromatic nitrogens is 1. The van der Waals surface area contributed by atoms with E-state index in [9.17, 15) is 13.2 Å². The molecule has 0 aliphatic carbocycles. The second kappa shape index (κ2) is 9.33. The Kier molecular flexibility index (Phi) is 7.06. The summed E-state index contributed by atoms with van der Waals surface area (Å²) in [4.78, 5) is 19.1.